The molecule has 98 valence electrons. The highest BCUT2D eigenvalue weighted by atomic mass is 32.2. The van der Waals surface area contributed by atoms with Gasteiger partial charge in [-0.25, -0.2) is 0 Å². The minimum Gasteiger partial charge on any atom is -0.395 e. The second kappa shape index (κ2) is 5.98. The van der Waals surface area contributed by atoms with Crippen LogP contribution in [0, 0.1) is 0 Å². The van der Waals surface area contributed by atoms with Crippen LogP contribution >= 0.6 is 35.3 Å². The van der Waals surface area contributed by atoms with E-state index in [0.29, 0.717) is 11.9 Å². The van der Waals surface area contributed by atoms with Crippen molar-refractivity contribution in [3.05, 3.63) is 0 Å². The Morgan fingerprint density at radius 2 is 1.53 bits per heavy atom. The van der Waals surface area contributed by atoms with Gasteiger partial charge >= 0.3 is 0 Å². The third kappa shape index (κ3) is 2.96. The minimum atomic E-state index is 0.389. The van der Waals surface area contributed by atoms with E-state index in [9.17, 15) is 5.11 Å². The van der Waals surface area contributed by atoms with Gasteiger partial charge in [-0.15, -0.1) is 0 Å². The predicted molar refractivity (Wildman–Crippen MR) is 81.4 cm³/mol. The highest BCUT2D eigenvalue weighted by Crippen LogP contribution is 2.49. The van der Waals surface area contributed by atoms with Crippen molar-refractivity contribution in [1.29, 1.82) is 0 Å². The smallest absolute Gasteiger partial charge is 0.0550 e. The molecule has 3 saturated heterocycles. The van der Waals surface area contributed by atoms with Crippen molar-refractivity contribution in [2.24, 2.45) is 0 Å². The first-order chi connectivity index (χ1) is 8.36. The molecular formula is C13H22OS3. The first kappa shape index (κ1) is 13.0. The van der Waals surface area contributed by atoms with Crippen LogP contribution in [0.5, 0.6) is 0 Å². The normalized spacial score (nSPS) is 46.8. The average Bonchev–Trinajstić information content (AvgIpc) is 3.09. The van der Waals surface area contributed by atoms with E-state index in [1.807, 2.05) is 0 Å². The number of aliphatic hydroxyl groups is 1. The van der Waals surface area contributed by atoms with E-state index in [1.165, 1.54) is 44.3 Å². The number of thioether (sulfide) groups is 3. The lowest BCUT2D eigenvalue weighted by Crippen LogP contribution is -2.17. The van der Waals surface area contributed by atoms with Crippen molar-refractivity contribution < 1.29 is 5.11 Å². The molecule has 0 bridgehead atoms. The SMILES string of the molecule is OCC1CCC(C2CCC(C3CCCS3)S2)S1. The molecule has 0 aromatic carbocycles. The largest absolute Gasteiger partial charge is 0.395 e. The lowest BCUT2D eigenvalue weighted by Gasteiger charge is -2.20. The third-order valence-electron chi connectivity index (χ3n) is 4.22. The highest BCUT2D eigenvalue weighted by molar-refractivity contribution is 8.06. The molecule has 0 aromatic heterocycles. The maximum absolute atomic E-state index is 9.22. The Morgan fingerprint density at radius 1 is 0.824 bits per heavy atom. The van der Waals surface area contributed by atoms with E-state index < -0.39 is 0 Å². The molecule has 0 aromatic rings. The molecule has 0 amide bonds. The van der Waals surface area contributed by atoms with E-state index in [1.54, 1.807) is 0 Å². The maximum atomic E-state index is 9.22. The topological polar surface area (TPSA) is 20.2 Å². The number of rotatable bonds is 3. The summed E-state index contributed by atoms with van der Waals surface area (Å²) in [6, 6.07) is 0. The van der Waals surface area contributed by atoms with Gasteiger partial charge in [0.05, 0.1) is 6.61 Å². The van der Waals surface area contributed by atoms with Crippen molar-refractivity contribution in [1.82, 2.24) is 0 Å². The van der Waals surface area contributed by atoms with E-state index >= 15 is 0 Å². The standard InChI is InChI=1S/C13H22OS3/c14-8-9-3-4-12(16-9)13-6-5-11(17-13)10-2-1-7-15-10/h9-14H,1-8H2. The van der Waals surface area contributed by atoms with Gasteiger partial charge in [0.1, 0.15) is 0 Å². The molecular weight excluding hydrogens is 268 g/mol. The van der Waals surface area contributed by atoms with Crippen LogP contribution in [0.3, 0.4) is 0 Å². The number of hydrogen-bond acceptors (Lipinski definition) is 4. The number of aliphatic hydroxyl groups excluding tert-OH is 1. The Morgan fingerprint density at radius 3 is 2.18 bits per heavy atom. The molecule has 5 atom stereocenters. The molecule has 0 spiro atoms. The first-order valence-corrected chi connectivity index (χ1v) is 9.83. The van der Waals surface area contributed by atoms with Crippen molar-refractivity contribution >= 4 is 35.3 Å². The first-order valence-electron chi connectivity index (χ1n) is 6.90. The molecule has 3 rings (SSSR count). The Kier molecular flexibility index (Phi) is 4.58. The Hall–Kier alpha value is 1.01. The molecule has 0 aliphatic carbocycles. The fourth-order valence-corrected chi connectivity index (χ4v) is 8.46. The van der Waals surface area contributed by atoms with Gasteiger partial charge in [0.15, 0.2) is 0 Å². The van der Waals surface area contributed by atoms with E-state index in [0.717, 1.165) is 21.0 Å². The Balaban J connectivity index is 1.50. The van der Waals surface area contributed by atoms with E-state index in [4.69, 9.17) is 0 Å². The molecule has 3 heterocycles. The van der Waals surface area contributed by atoms with Gasteiger partial charge in [-0.05, 0) is 44.3 Å². The van der Waals surface area contributed by atoms with Crippen LogP contribution in [0.25, 0.3) is 0 Å². The zero-order chi connectivity index (χ0) is 11.7. The summed E-state index contributed by atoms with van der Waals surface area (Å²) in [5, 5.41) is 13.4. The van der Waals surface area contributed by atoms with Gasteiger partial charge in [0.25, 0.3) is 0 Å². The fraction of sp³-hybridized carbons (Fsp3) is 1.00. The molecule has 3 aliphatic heterocycles. The molecule has 1 nitrogen and oxygen atoms in total. The van der Waals surface area contributed by atoms with Gasteiger partial charge in [0, 0.05) is 26.2 Å². The van der Waals surface area contributed by atoms with Gasteiger partial charge in [0.2, 0.25) is 0 Å². The zero-order valence-electron chi connectivity index (χ0n) is 10.2. The van der Waals surface area contributed by atoms with Crippen molar-refractivity contribution in [2.75, 3.05) is 12.4 Å². The summed E-state index contributed by atoms with van der Waals surface area (Å²) in [5.41, 5.74) is 0. The third-order valence-corrected chi connectivity index (χ3v) is 9.60. The summed E-state index contributed by atoms with van der Waals surface area (Å²) in [7, 11) is 0. The summed E-state index contributed by atoms with van der Waals surface area (Å²) >= 11 is 6.59. The van der Waals surface area contributed by atoms with Crippen molar-refractivity contribution in [3.63, 3.8) is 0 Å². The van der Waals surface area contributed by atoms with Crippen LogP contribution in [0.1, 0.15) is 38.5 Å². The van der Waals surface area contributed by atoms with E-state index in [2.05, 4.69) is 35.3 Å². The molecule has 3 fully saturated rings. The second-order valence-electron chi connectivity index (χ2n) is 5.40. The summed E-state index contributed by atoms with van der Waals surface area (Å²) < 4.78 is 0. The molecule has 1 N–H and O–H groups in total. The summed E-state index contributed by atoms with van der Waals surface area (Å²) in [6.07, 6.45) is 8.38. The van der Waals surface area contributed by atoms with Gasteiger partial charge in [-0.3, -0.25) is 0 Å². The van der Waals surface area contributed by atoms with Crippen molar-refractivity contribution in [2.45, 2.75) is 64.8 Å². The summed E-state index contributed by atoms with van der Waals surface area (Å²) in [6.45, 7) is 0.389. The van der Waals surface area contributed by atoms with Gasteiger partial charge in [-0.1, -0.05) is 0 Å². The van der Waals surface area contributed by atoms with Crippen LogP contribution in [0.2, 0.25) is 0 Å². The Bertz CT molecular complexity index is 255. The van der Waals surface area contributed by atoms with Crippen LogP contribution in [-0.2, 0) is 0 Å². The maximum Gasteiger partial charge on any atom is 0.0550 e. The Labute approximate surface area is 117 Å². The average molecular weight is 291 g/mol. The molecule has 0 saturated carbocycles. The summed E-state index contributed by atoms with van der Waals surface area (Å²) in [5.74, 6) is 1.40. The zero-order valence-corrected chi connectivity index (χ0v) is 12.7. The second-order valence-corrected chi connectivity index (χ2v) is 9.77. The predicted octanol–water partition coefficient (Wildman–Crippen LogP) is 3.40. The van der Waals surface area contributed by atoms with Crippen LogP contribution < -0.4 is 0 Å². The van der Waals surface area contributed by atoms with Gasteiger partial charge in [-0.2, -0.15) is 35.3 Å². The molecule has 4 heteroatoms. The molecule has 17 heavy (non-hydrogen) atoms. The minimum absolute atomic E-state index is 0.389. The summed E-state index contributed by atoms with van der Waals surface area (Å²) in [4.78, 5) is 0. The fourth-order valence-electron chi connectivity index (χ4n) is 3.27. The molecule has 3 aliphatic rings. The quantitative estimate of drug-likeness (QED) is 0.859. The lowest BCUT2D eigenvalue weighted by atomic mass is 10.1. The van der Waals surface area contributed by atoms with Crippen molar-refractivity contribution in [3.8, 4) is 0 Å². The van der Waals surface area contributed by atoms with E-state index in [-0.39, 0.29) is 0 Å². The van der Waals surface area contributed by atoms with Gasteiger partial charge < -0.3 is 5.11 Å². The monoisotopic (exact) mass is 290 g/mol. The molecule has 5 unspecified atom stereocenters. The van der Waals surface area contributed by atoms with Crippen LogP contribution in [0.15, 0.2) is 0 Å². The molecule has 0 radical (unpaired) electrons. The van der Waals surface area contributed by atoms with Crippen LogP contribution in [-0.4, -0.2) is 43.7 Å². The highest BCUT2D eigenvalue weighted by Gasteiger charge is 2.39. The lowest BCUT2D eigenvalue weighted by molar-refractivity contribution is 0.292. The van der Waals surface area contributed by atoms with Crippen LogP contribution in [0.4, 0.5) is 0 Å². The number of hydrogen-bond donors (Lipinski definition) is 1.